The number of hydrogen-bond donors (Lipinski definition) is 2. The first-order valence-corrected chi connectivity index (χ1v) is 7.29. The summed E-state index contributed by atoms with van der Waals surface area (Å²) in [4.78, 5) is 24.7. The molecule has 0 saturated carbocycles. The Kier molecular flexibility index (Phi) is 6.71. The maximum atomic E-state index is 12.3. The molecule has 0 aliphatic carbocycles. The smallest absolute Gasteiger partial charge is 0.326 e. The topological polar surface area (TPSA) is 77.8 Å². The normalized spacial score (nSPS) is 23.6. The standard InChI is InChI=1S/C15H25NO4/c1-3-4-5-6-7-8-11(2)14(18)16-10-12(17)9-13(16)15(19)20/h3,11-13,17H,1,4-10H2,2H3,(H,19,20)/t11-,12-,13-/m0/s1. The third-order valence-corrected chi connectivity index (χ3v) is 3.81. The fraction of sp³-hybridized carbons (Fsp3) is 0.733. The van der Waals surface area contributed by atoms with Gasteiger partial charge in [-0.05, 0) is 19.3 Å². The van der Waals surface area contributed by atoms with E-state index in [0.29, 0.717) is 0 Å². The average Bonchev–Trinajstić information content (AvgIpc) is 2.79. The van der Waals surface area contributed by atoms with E-state index in [9.17, 15) is 14.7 Å². The third-order valence-electron chi connectivity index (χ3n) is 3.81. The van der Waals surface area contributed by atoms with Gasteiger partial charge in [-0.2, -0.15) is 0 Å². The van der Waals surface area contributed by atoms with Crippen LogP contribution in [0.15, 0.2) is 12.7 Å². The lowest BCUT2D eigenvalue weighted by Gasteiger charge is -2.24. The number of carboxylic acid groups (broad SMARTS) is 1. The summed E-state index contributed by atoms with van der Waals surface area (Å²) in [5.41, 5.74) is 0. The summed E-state index contributed by atoms with van der Waals surface area (Å²) in [7, 11) is 0. The predicted molar refractivity (Wildman–Crippen MR) is 76.2 cm³/mol. The second-order valence-corrected chi connectivity index (χ2v) is 5.56. The molecule has 20 heavy (non-hydrogen) atoms. The molecule has 5 nitrogen and oxygen atoms in total. The van der Waals surface area contributed by atoms with Crippen molar-refractivity contribution in [1.29, 1.82) is 0 Å². The molecule has 1 amide bonds. The average molecular weight is 283 g/mol. The van der Waals surface area contributed by atoms with Crippen molar-refractivity contribution in [3.63, 3.8) is 0 Å². The molecule has 5 heteroatoms. The van der Waals surface area contributed by atoms with E-state index in [4.69, 9.17) is 5.11 Å². The van der Waals surface area contributed by atoms with Gasteiger partial charge in [-0.25, -0.2) is 4.79 Å². The molecule has 1 fully saturated rings. The number of β-amino-alcohol motifs (C(OH)–C–C–N with tert-alkyl or cyclic N) is 1. The summed E-state index contributed by atoms with van der Waals surface area (Å²) < 4.78 is 0. The van der Waals surface area contributed by atoms with E-state index >= 15 is 0 Å². The van der Waals surface area contributed by atoms with Crippen molar-refractivity contribution in [2.75, 3.05) is 6.54 Å². The Hall–Kier alpha value is -1.36. The number of carbonyl (C=O) groups is 2. The summed E-state index contributed by atoms with van der Waals surface area (Å²) in [5.74, 6) is -1.38. The largest absolute Gasteiger partial charge is 0.480 e. The third kappa shape index (κ3) is 4.63. The Labute approximate surface area is 120 Å². The Morgan fingerprint density at radius 2 is 2.10 bits per heavy atom. The molecule has 0 aromatic rings. The van der Waals surface area contributed by atoms with Gasteiger partial charge < -0.3 is 15.1 Å². The molecule has 1 rings (SSSR count). The molecule has 0 spiro atoms. The highest BCUT2D eigenvalue weighted by molar-refractivity contribution is 5.85. The predicted octanol–water partition coefficient (Wildman–Crippen LogP) is 1.81. The van der Waals surface area contributed by atoms with Gasteiger partial charge in [0.05, 0.1) is 6.10 Å². The van der Waals surface area contributed by atoms with Crippen molar-refractivity contribution in [3.8, 4) is 0 Å². The molecule has 1 aliphatic heterocycles. The SMILES string of the molecule is C=CCCCCC[C@H](C)C(=O)N1C[C@@H](O)C[C@H]1C(=O)O. The Bertz CT molecular complexity index is 356. The van der Waals surface area contributed by atoms with E-state index in [1.807, 2.05) is 13.0 Å². The zero-order valence-corrected chi connectivity index (χ0v) is 12.1. The van der Waals surface area contributed by atoms with Crippen molar-refractivity contribution in [2.24, 2.45) is 5.92 Å². The molecule has 1 saturated heterocycles. The quantitative estimate of drug-likeness (QED) is 0.526. The monoisotopic (exact) mass is 283 g/mol. The Morgan fingerprint density at radius 3 is 2.70 bits per heavy atom. The number of allylic oxidation sites excluding steroid dienone is 1. The van der Waals surface area contributed by atoms with E-state index in [0.717, 1.165) is 32.1 Å². The molecule has 1 aliphatic rings. The molecule has 0 bridgehead atoms. The van der Waals surface area contributed by atoms with E-state index < -0.39 is 18.1 Å². The second-order valence-electron chi connectivity index (χ2n) is 5.56. The van der Waals surface area contributed by atoms with Gasteiger partial charge in [0.1, 0.15) is 6.04 Å². The van der Waals surface area contributed by atoms with Crippen LogP contribution in [0.5, 0.6) is 0 Å². The molecular weight excluding hydrogens is 258 g/mol. The van der Waals surface area contributed by atoms with Crippen LogP contribution in [0.3, 0.4) is 0 Å². The van der Waals surface area contributed by atoms with E-state index in [1.165, 1.54) is 4.90 Å². The lowest BCUT2D eigenvalue weighted by molar-refractivity contribution is -0.149. The zero-order valence-electron chi connectivity index (χ0n) is 12.1. The Morgan fingerprint density at radius 1 is 1.40 bits per heavy atom. The van der Waals surface area contributed by atoms with Gasteiger partial charge in [0, 0.05) is 18.9 Å². The van der Waals surface area contributed by atoms with Crippen LogP contribution in [0.2, 0.25) is 0 Å². The van der Waals surface area contributed by atoms with Crippen LogP contribution in [0.4, 0.5) is 0 Å². The van der Waals surface area contributed by atoms with Crippen LogP contribution in [0, 0.1) is 5.92 Å². The molecule has 0 aromatic heterocycles. The van der Waals surface area contributed by atoms with Crippen molar-refractivity contribution in [1.82, 2.24) is 4.90 Å². The van der Waals surface area contributed by atoms with Crippen LogP contribution >= 0.6 is 0 Å². The minimum absolute atomic E-state index is 0.132. The highest BCUT2D eigenvalue weighted by Crippen LogP contribution is 2.22. The van der Waals surface area contributed by atoms with Gasteiger partial charge in [-0.15, -0.1) is 6.58 Å². The summed E-state index contributed by atoms with van der Waals surface area (Å²) in [6, 6.07) is -0.874. The summed E-state index contributed by atoms with van der Waals surface area (Å²) in [6.45, 7) is 5.63. The van der Waals surface area contributed by atoms with E-state index in [-0.39, 0.29) is 24.8 Å². The van der Waals surface area contributed by atoms with Crippen LogP contribution in [-0.2, 0) is 9.59 Å². The van der Waals surface area contributed by atoms with Gasteiger partial charge in [0.2, 0.25) is 5.91 Å². The van der Waals surface area contributed by atoms with Crippen LogP contribution in [-0.4, -0.2) is 45.7 Å². The van der Waals surface area contributed by atoms with Crippen molar-refractivity contribution < 1.29 is 19.8 Å². The highest BCUT2D eigenvalue weighted by atomic mass is 16.4. The summed E-state index contributed by atoms with van der Waals surface area (Å²) in [5, 5.41) is 18.6. The number of aliphatic carboxylic acids is 1. The molecule has 0 unspecified atom stereocenters. The molecule has 114 valence electrons. The highest BCUT2D eigenvalue weighted by Gasteiger charge is 2.39. The number of rotatable bonds is 8. The van der Waals surface area contributed by atoms with Gasteiger partial charge in [0.25, 0.3) is 0 Å². The molecule has 3 atom stereocenters. The zero-order chi connectivity index (χ0) is 15.1. The number of carbonyl (C=O) groups excluding carboxylic acids is 1. The lowest BCUT2D eigenvalue weighted by atomic mass is 10.0. The van der Waals surface area contributed by atoms with Gasteiger partial charge in [0.15, 0.2) is 0 Å². The maximum absolute atomic E-state index is 12.3. The second kappa shape index (κ2) is 8.04. The number of aliphatic hydroxyl groups is 1. The minimum atomic E-state index is -1.03. The van der Waals surface area contributed by atoms with Crippen LogP contribution < -0.4 is 0 Å². The Balaban J connectivity index is 2.43. The van der Waals surface area contributed by atoms with Gasteiger partial charge in [-0.3, -0.25) is 4.79 Å². The fourth-order valence-electron chi connectivity index (χ4n) is 2.61. The van der Waals surface area contributed by atoms with Gasteiger partial charge >= 0.3 is 5.97 Å². The maximum Gasteiger partial charge on any atom is 0.326 e. The first kappa shape index (κ1) is 16.7. The van der Waals surface area contributed by atoms with Crippen molar-refractivity contribution in [2.45, 2.75) is 57.6 Å². The van der Waals surface area contributed by atoms with E-state index in [1.54, 1.807) is 0 Å². The molecule has 0 radical (unpaired) electrons. The number of carboxylic acids is 1. The first-order valence-electron chi connectivity index (χ1n) is 7.29. The fourth-order valence-corrected chi connectivity index (χ4v) is 2.61. The number of hydrogen-bond acceptors (Lipinski definition) is 3. The molecule has 0 aromatic carbocycles. The number of amides is 1. The van der Waals surface area contributed by atoms with E-state index in [2.05, 4.69) is 6.58 Å². The number of nitrogens with zero attached hydrogens (tertiary/aromatic N) is 1. The molecule has 2 N–H and O–H groups in total. The molecule has 1 heterocycles. The first-order chi connectivity index (χ1) is 9.47. The van der Waals surface area contributed by atoms with Crippen LogP contribution in [0.25, 0.3) is 0 Å². The summed E-state index contributed by atoms with van der Waals surface area (Å²) >= 11 is 0. The van der Waals surface area contributed by atoms with Crippen molar-refractivity contribution in [3.05, 3.63) is 12.7 Å². The van der Waals surface area contributed by atoms with Gasteiger partial charge in [-0.1, -0.05) is 25.8 Å². The lowest BCUT2D eigenvalue weighted by Crippen LogP contribution is -2.43. The van der Waals surface area contributed by atoms with Crippen molar-refractivity contribution >= 4 is 11.9 Å². The molecular formula is C15H25NO4. The number of likely N-dealkylation sites (tertiary alicyclic amines) is 1. The van der Waals surface area contributed by atoms with Crippen LogP contribution in [0.1, 0.15) is 45.4 Å². The minimum Gasteiger partial charge on any atom is -0.480 e. The summed E-state index contributed by atoms with van der Waals surface area (Å²) in [6.07, 6.45) is 6.12. The number of aliphatic hydroxyl groups excluding tert-OH is 1. The number of unbranched alkanes of at least 4 members (excludes halogenated alkanes) is 3.